The molecule has 3 N–H and O–H groups in total. The number of nitrogens with two attached hydrogens (primary N) is 1. The van der Waals surface area contributed by atoms with Gasteiger partial charge in [0.25, 0.3) is 0 Å². The Morgan fingerprint density at radius 3 is 2.91 bits per heavy atom. The van der Waals surface area contributed by atoms with Gasteiger partial charge in [0, 0.05) is 6.54 Å². The molecule has 1 heterocycles. The minimum Gasteiger partial charge on any atom is -0.330 e. The summed E-state index contributed by atoms with van der Waals surface area (Å²) in [7, 11) is 0. The van der Waals surface area contributed by atoms with Crippen LogP contribution in [-0.4, -0.2) is 19.6 Å². The molecule has 2 aliphatic rings. The van der Waals surface area contributed by atoms with Crippen molar-refractivity contribution >= 4 is 0 Å². The van der Waals surface area contributed by atoms with Gasteiger partial charge in [0.15, 0.2) is 0 Å². The molecule has 11 heavy (non-hydrogen) atoms. The van der Waals surface area contributed by atoms with E-state index in [9.17, 15) is 0 Å². The van der Waals surface area contributed by atoms with E-state index in [0.29, 0.717) is 5.41 Å². The first-order valence-corrected chi connectivity index (χ1v) is 4.75. The van der Waals surface area contributed by atoms with Crippen LogP contribution in [0, 0.1) is 11.3 Å². The Bertz CT molecular complexity index is 138. The first kappa shape index (κ1) is 7.56. The van der Waals surface area contributed by atoms with E-state index < -0.39 is 0 Å². The predicted molar refractivity (Wildman–Crippen MR) is 46.3 cm³/mol. The quantitative estimate of drug-likeness (QED) is 0.584. The molecule has 2 fully saturated rings. The summed E-state index contributed by atoms with van der Waals surface area (Å²) in [5.74, 6) is 0.829. The molecule has 2 atom stereocenters. The highest BCUT2D eigenvalue weighted by Gasteiger charge is 2.40. The summed E-state index contributed by atoms with van der Waals surface area (Å²) in [4.78, 5) is 0. The molecule has 2 nitrogen and oxygen atoms in total. The monoisotopic (exact) mass is 154 g/mol. The summed E-state index contributed by atoms with van der Waals surface area (Å²) in [6.45, 7) is 3.39. The molecule has 0 aromatic heterocycles. The molecule has 0 amide bonds. The van der Waals surface area contributed by atoms with Crippen molar-refractivity contribution in [2.24, 2.45) is 17.1 Å². The van der Waals surface area contributed by atoms with Crippen LogP contribution in [-0.2, 0) is 0 Å². The lowest BCUT2D eigenvalue weighted by Crippen LogP contribution is -2.21. The Morgan fingerprint density at radius 1 is 1.45 bits per heavy atom. The Hall–Kier alpha value is -0.0800. The summed E-state index contributed by atoms with van der Waals surface area (Å²) >= 11 is 0. The molecule has 0 unspecified atom stereocenters. The molecular formula is C9H18N2. The van der Waals surface area contributed by atoms with Crippen LogP contribution in [0.3, 0.4) is 0 Å². The average Bonchev–Trinajstić information content (AvgIpc) is 2.62. The Kier molecular flexibility index (Phi) is 1.90. The standard InChI is InChI=1S/C9H18N2/c10-6-8-1-2-9(5-8)3-4-11-7-9/h8,11H,1-7,10H2/t8-,9-/m0/s1. The SMILES string of the molecule is NC[C@H]1CC[C@]2(CCNC2)C1. The molecule has 1 spiro atoms. The van der Waals surface area contributed by atoms with Gasteiger partial charge in [0.1, 0.15) is 0 Å². The average molecular weight is 154 g/mol. The highest BCUT2D eigenvalue weighted by Crippen LogP contribution is 2.45. The minimum atomic E-state index is 0.671. The van der Waals surface area contributed by atoms with Crippen LogP contribution < -0.4 is 11.1 Å². The van der Waals surface area contributed by atoms with Gasteiger partial charge in [0.05, 0.1) is 0 Å². The van der Waals surface area contributed by atoms with Crippen molar-refractivity contribution in [3.63, 3.8) is 0 Å². The van der Waals surface area contributed by atoms with Gasteiger partial charge in [-0.05, 0) is 50.1 Å². The Morgan fingerprint density at radius 2 is 2.36 bits per heavy atom. The van der Waals surface area contributed by atoms with Gasteiger partial charge in [0.2, 0.25) is 0 Å². The highest BCUT2D eigenvalue weighted by atomic mass is 14.9. The van der Waals surface area contributed by atoms with Crippen molar-refractivity contribution in [3.05, 3.63) is 0 Å². The number of hydrogen-bond acceptors (Lipinski definition) is 2. The molecule has 1 saturated heterocycles. The van der Waals surface area contributed by atoms with Crippen LogP contribution in [0.15, 0.2) is 0 Å². The van der Waals surface area contributed by atoms with E-state index in [4.69, 9.17) is 5.73 Å². The fourth-order valence-corrected chi connectivity index (χ4v) is 2.71. The maximum Gasteiger partial charge on any atom is 0.000840 e. The van der Waals surface area contributed by atoms with Crippen LogP contribution in [0.4, 0.5) is 0 Å². The van der Waals surface area contributed by atoms with Gasteiger partial charge >= 0.3 is 0 Å². The van der Waals surface area contributed by atoms with Gasteiger partial charge in [-0.25, -0.2) is 0 Å². The topological polar surface area (TPSA) is 38.0 Å². The molecule has 1 saturated carbocycles. The molecule has 0 bridgehead atoms. The van der Waals surface area contributed by atoms with Crippen molar-refractivity contribution < 1.29 is 0 Å². The van der Waals surface area contributed by atoms with Gasteiger partial charge in [-0.3, -0.25) is 0 Å². The smallest absolute Gasteiger partial charge is 0.000840 e. The van der Waals surface area contributed by atoms with Crippen molar-refractivity contribution in [2.75, 3.05) is 19.6 Å². The van der Waals surface area contributed by atoms with Crippen molar-refractivity contribution in [1.82, 2.24) is 5.32 Å². The zero-order valence-corrected chi connectivity index (χ0v) is 7.10. The molecule has 1 aliphatic heterocycles. The largest absolute Gasteiger partial charge is 0.330 e. The highest BCUT2D eigenvalue weighted by molar-refractivity contribution is 4.94. The lowest BCUT2D eigenvalue weighted by Gasteiger charge is -2.21. The van der Waals surface area contributed by atoms with E-state index in [1.165, 1.54) is 38.8 Å². The fourth-order valence-electron chi connectivity index (χ4n) is 2.71. The number of rotatable bonds is 1. The fraction of sp³-hybridized carbons (Fsp3) is 1.00. The second-order valence-electron chi connectivity index (χ2n) is 4.27. The summed E-state index contributed by atoms with van der Waals surface area (Å²) in [5, 5.41) is 3.46. The zero-order valence-electron chi connectivity index (χ0n) is 7.10. The van der Waals surface area contributed by atoms with E-state index in [0.717, 1.165) is 12.5 Å². The third-order valence-corrected chi connectivity index (χ3v) is 3.47. The molecule has 64 valence electrons. The van der Waals surface area contributed by atoms with Gasteiger partial charge < -0.3 is 11.1 Å². The van der Waals surface area contributed by atoms with E-state index in [-0.39, 0.29) is 0 Å². The van der Waals surface area contributed by atoms with E-state index in [1.54, 1.807) is 0 Å². The molecule has 0 aromatic rings. The minimum absolute atomic E-state index is 0.671. The number of nitrogens with one attached hydrogen (secondary N) is 1. The Balaban J connectivity index is 1.96. The second-order valence-corrected chi connectivity index (χ2v) is 4.27. The van der Waals surface area contributed by atoms with Crippen molar-refractivity contribution in [3.8, 4) is 0 Å². The summed E-state index contributed by atoms with van der Waals surface area (Å²) in [5.41, 5.74) is 6.33. The normalized spacial score (nSPS) is 43.9. The molecule has 1 aliphatic carbocycles. The molecule has 2 heteroatoms. The zero-order chi connectivity index (χ0) is 7.73. The molecular weight excluding hydrogens is 136 g/mol. The van der Waals surface area contributed by atoms with Crippen molar-refractivity contribution in [1.29, 1.82) is 0 Å². The van der Waals surface area contributed by atoms with Crippen LogP contribution in [0.5, 0.6) is 0 Å². The van der Waals surface area contributed by atoms with Crippen LogP contribution in [0.1, 0.15) is 25.7 Å². The lowest BCUT2D eigenvalue weighted by molar-refractivity contribution is 0.321. The molecule has 2 rings (SSSR count). The number of hydrogen-bond donors (Lipinski definition) is 2. The summed E-state index contributed by atoms with van der Waals surface area (Å²) < 4.78 is 0. The van der Waals surface area contributed by atoms with Crippen LogP contribution >= 0.6 is 0 Å². The van der Waals surface area contributed by atoms with Crippen LogP contribution in [0.25, 0.3) is 0 Å². The lowest BCUT2D eigenvalue weighted by atomic mass is 9.84. The summed E-state index contributed by atoms with van der Waals surface area (Å²) in [6, 6.07) is 0. The Labute approximate surface area is 68.5 Å². The third kappa shape index (κ3) is 1.30. The molecule has 0 aromatic carbocycles. The van der Waals surface area contributed by atoms with Gasteiger partial charge in [-0.1, -0.05) is 0 Å². The first-order chi connectivity index (χ1) is 5.35. The maximum absolute atomic E-state index is 5.66. The summed E-state index contributed by atoms with van der Waals surface area (Å²) in [6.07, 6.45) is 5.57. The van der Waals surface area contributed by atoms with Gasteiger partial charge in [-0.15, -0.1) is 0 Å². The first-order valence-electron chi connectivity index (χ1n) is 4.75. The third-order valence-electron chi connectivity index (χ3n) is 3.47. The van der Waals surface area contributed by atoms with Crippen molar-refractivity contribution in [2.45, 2.75) is 25.7 Å². The van der Waals surface area contributed by atoms with E-state index >= 15 is 0 Å². The predicted octanol–water partition coefficient (Wildman–Crippen LogP) is 0.725. The van der Waals surface area contributed by atoms with E-state index in [1.807, 2.05) is 0 Å². The van der Waals surface area contributed by atoms with Gasteiger partial charge in [-0.2, -0.15) is 0 Å². The molecule has 0 radical (unpaired) electrons. The van der Waals surface area contributed by atoms with E-state index in [2.05, 4.69) is 5.32 Å². The second kappa shape index (κ2) is 2.76. The maximum atomic E-state index is 5.66. The van der Waals surface area contributed by atoms with Crippen LogP contribution in [0.2, 0.25) is 0 Å².